The summed E-state index contributed by atoms with van der Waals surface area (Å²) in [4.78, 5) is 35.4. The number of hydrogen-bond acceptors (Lipinski definition) is 7. The van der Waals surface area contributed by atoms with Crippen LogP contribution in [-0.4, -0.2) is 54.7 Å². The fourth-order valence-electron chi connectivity index (χ4n) is 1.95. The van der Waals surface area contributed by atoms with Crippen molar-refractivity contribution < 1.29 is 33.7 Å². The van der Waals surface area contributed by atoms with Crippen LogP contribution in [0.3, 0.4) is 0 Å². The highest BCUT2D eigenvalue weighted by molar-refractivity contribution is 5.82. The molecule has 9 heteroatoms. The summed E-state index contributed by atoms with van der Waals surface area (Å²) in [6, 6.07) is 7.52. The third kappa shape index (κ3) is 8.91. The molecule has 0 radical (unpaired) electrons. The number of benzene rings is 1. The SMILES string of the molecule is COC(=O)[C@@H](NC(=O)OCc1ccccc1)[C@H](O)CNC(=O)OC(C)(C)C. The molecule has 1 aromatic carbocycles. The first-order chi connectivity index (χ1) is 12.6. The molecule has 0 aliphatic heterocycles. The van der Waals surface area contributed by atoms with Gasteiger partial charge < -0.3 is 30.0 Å². The minimum atomic E-state index is -1.45. The van der Waals surface area contributed by atoms with E-state index in [9.17, 15) is 19.5 Å². The van der Waals surface area contributed by atoms with Gasteiger partial charge in [-0.2, -0.15) is 0 Å². The number of alkyl carbamates (subject to hydrolysis) is 2. The lowest BCUT2D eigenvalue weighted by Crippen LogP contribution is -2.53. The number of ether oxygens (including phenoxy) is 3. The molecule has 0 spiro atoms. The predicted octanol–water partition coefficient (Wildman–Crippen LogP) is 1.34. The molecule has 3 N–H and O–H groups in total. The Morgan fingerprint density at radius 1 is 1.11 bits per heavy atom. The average Bonchev–Trinajstić information content (AvgIpc) is 2.61. The van der Waals surface area contributed by atoms with Gasteiger partial charge in [-0.3, -0.25) is 0 Å². The maximum absolute atomic E-state index is 11.9. The van der Waals surface area contributed by atoms with Crippen LogP contribution in [0, 0.1) is 0 Å². The predicted molar refractivity (Wildman–Crippen MR) is 95.8 cm³/mol. The van der Waals surface area contributed by atoms with Gasteiger partial charge in [0.15, 0.2) is 6.04 Å². The van der Waals surface area contributed by atoms with Crippen molar-refractivity contribution in [1.82, 2.24) is 10.6 Å². The Balaban J connectivity index is 2.57. The molecule has 2 atom stereocenters. The maximum Gasteiger partial charge on any atom is 0.408 e. The number of carbonyl (C=O) groups is 3. The topological polar surface area (TPSA) is 123 Å². The molecule has 0 aromatic heterocycles. The van der Waals surface area contributed by atoms with Crippen LogP contribution in [0.4, 0.5) is 9.59 Å². The molecule has 0 heterocycles. The second-order valence-corrected chi connectivity index (χ2v) is 6.66. The van der Waals surface area contributed by atoms with E-state index >= 15 is 0 Å². The lowest BCUT2D eigenvalue weighted by molar-refractivity contribution is -0.146. The van der Waals surface area contributed by atoms with Crippen LogP contribution in [-0.2, 0) is 25.6 Å². The van der Waals surface area contributed by atoms with Gasteiger partial charge in [-0.1, -0.05) is 30.3 Å². The highest BCUT2D eigenvalue weighted by Gasteiger charge is 2.31. The molecule has 0 saturated carbocycles. The third-order valence-electron chi connectivity index (χ3n) is 3.18. The molecule has 0 bridgehead atoms. The van der Waals surface area contributed by atoms with E-state index in [2.05, 4.69) is 15.4 Å². The van der Waals surface area contributed by atoms with E-state index in [1.165, 1.54) is 0 Å². The first-order valence-electron chi connectivity index (χ1n) is 8.32. The Bertz CT molecular complexity index is 628. The summed E-state index contributed by atoms with van der Waals surface area (Å²) in [6.07, 6.45) is -3.13. The number of aliphatic hydroxyl groups is 1. The van der Waals surface area contributed by atoms with Crippen LogP contribution in [0.1, 0.15) is 26.3 Å². The van der Waals surface area contributed by atoms with Gasteiger partial charge in [-0.15, -0.1) is 0 Å². The van der Waals surface area contributed by atoms with Crippen molar-refractivity contribution in [3.05, 3.63) is 35.9 Å². The van der Waals surface area contributed by atoms with Crippen molar-refractivity contribution >= 4 is 18.2 Å². The number of amides is 2. The highest BCUT2D eigenvalue weighted by Crippen LogP contribution is 2.07. The summed E-state index contributed by atoms with van der Waals surface area (Å²) in [7, 11) is 1.11. The summed E-state index contributed by atoms with van der Waals surface area (Å²) in [6.45, 7) is 4.71. The van der Waals surface area contributed by atoms with Gasteiger partial charge in [0, 0.05) is 6.54 Å². The van der Waals surface area contributed by atoms with Crippen molar-refractivity contribution in [2.45, 2.75) is 45.1 Å². The van der Waals surface area contributed by atoms with Gasteiger partial charge in [0.05, 0.1) is 7.11 Å². The zero-order valence-corrected chi connectivity index (χ0v) is 15.9. The van der Waals surface area contributed by atoms with Crippen LogP contribution in [0.5, 0.6) is 0 Å². The van der Waals surface area contributed by atoms with Crippen molar-refractivity contribution in [3.8, 4) is 0 Å². The van der Waals surface area contributed by atoms with Gasteiger partial charge in [0.2, 0.25) is 0 Å². The monoisotopic (exact) mass is 382 g/mol. The molecule has 1 aromatic rings. The van der Waals surface area contributed by atoms with Crippen LogP contribution >= 0.6 is 0 Å². The normalized spacial score (nSPS) is 13.1. The van der Waals surface area contributed by atoms with E-state index < -0.39 is 35.9 Å². The Hall–Kier alpha value is -2.81. The summed E-state index contributed by atoms with van der Waals surface area (Å²) < 4.78 is 14.6. The minimum absolute atomic E-state index is 0.00712. The number of rotatable bonds is 7. The van der Waals surface area contributed by atoms with Crippen molar-refractivity contribution in [2.24, 2.45) is 0 Å². The second-order valence-electron chi connectivity index (χ2n) is 6.66. The molecule has 0 aliphatic carbocycles. The Kier molecular flexibility index (Phi) is 8.53. The van der Waals surface area contributed by atoms with Crippen LogP contribution in [0.15, 0.2) is 30.3 Å². The van der Waals surface area contributed by atoms with E-state index in [4.69, 9.17) is 9.47 Å². The quantitative estimate of drug-likeness (QED) is 0.480. The van der Waals surface area contributed by atoms with E-state index in [1.54, 1.807) is 45.0 Å². The standard InChI is InChI=1S/C18H26N2O7/c1-18(2,3)27-16(23)19-10-13(21)14(15(22)25-4)20-17(24)26-11-12-8-6-5-7-9-12/h5-9,13-14,21H,10-11H2,1-4H3,(H,19,23)(H,20,24)/t13-,14+/m1/s1. The molecule has 0 saturated heterocycles. The fraction of sp³-hybridized carbons (Fsp3) is 0.500. The first-order valence-corrected chi connectivity index (χ1v) is 8.32. The number of nitrogens with one attached hydrogen (secondary N) is 2. The molecule has 0 fully saturated rings. The molecule has 1 rings (SSSR count). The Labute approximate surface area is 158 Å². The molecule has 0 unspecified atom stereocenters. The van der Waals surface area contributed by atoms with Crippen LogP contribution in [0.2, 0.25) is 0 Å². The number of methoxy groups -OCH3 is 1. The van der Waals surface area contributed by atoms with Crippen LogP contribution in [0.25, 0.3) is 0 Å². The minimum Gasteiger partial charge on any atom is -0.467 e. The van der Waals surface area contributed by atoms with Crippen molar-refractivity contribution in [3.63, 3.8) is 0 Å². The Morgan fingerprint density at radius 2 is 1.74 bits per heavy atom. The molecular formula is C18H26N2O7. The number of hydrogen-bond donors (Lipinski definition) is 3. The first kappa shape index (κ1) is 22.2. The van der Waals surface area contributed by atoms with E-state index in [0.717, 1.165) is 12.7 Å². The number of aliphatic hydroxyl groups excluding tert-OH is 1. The molecular weight excluding hydrogens is 356 g/mol. The van der Waals surface area contributed by atoms with Gasteiger partial charge in [0.25, 0.3) is 0 Å². The average molecular weight is 382 g/mol. The van der Waals surface area contributed by atoms with Crippen LogP contribution < -0.4 is 10.6 Å². The summed E-state index contributed by atoms with van der Waals surface area (Å²) in [5.41, 5.74) is 0.0467. The number of carbonyl (C=O) groups excluding carboxylic acids is 3. The Morgan fingerprint density at radius 3 is 2.30 bits per heavy atom. The summed E-state index contributed by atoms with van der Waals surface area (Å²) in [5.74, 6) is -0.884. The zero-order valence-electron chi connectivity index (χ0n) is 15.9. The molecule has 27 heavy (non-hydrogen) atoms. The van der Waals surface area contributed by atoms with E-state index in [1.807, 2.05) is 6.07 Å². The van der Waals surface area contributed by atoms with Crippen molar-refractivity contribution in [1.29, 1.82) is 0 Å². The van der Waals surface area contributed by atoms with Crippen molar-refractivity contribution in [2.75, 3.05) is 13.7 Å². The van der Waals surface area contributed by atoms with Gasteiger partial charge in [0.1, 0.15) is 18.3 Å². The van der Waals surface area contributed by atoms with Gasteiger partial charge in [-0.25, -0.2) is 14.4 Å². The third-order valence-corrected chi connectivity index (χ3v) is 3.18. The van der Waals surface area contributed by atoms with Gasteiger partial charge >= 0.3 is 18.2 Å². The molecule has 150 valence electrons. The largest absolute Gasteiger partial charge is 0.467 e. The smallest absolute Gasteiger partial charge is 0.408 e. The number of esters is 1. The van der Waals surface area contributed by atoms with E-state index in [0.29, 0.717) is 0 Å². The fourth-order valence-corrected chi connectivity index (χ4v) is 1.95. The summed E-state index contributed by atoms with van der Waals surface area (Å²) in [5, 5.41) is 14.7. The van der Waals surface area contributed by atoms with E-state index in [-0.39, 0.29) is 13.2 Å². The van der Waals surface area contributed by atoms with Gasteiger partial charge in [-0.05, 0) is 26.3 Å². The molecule has 0 aliphatic rings. The highest BCUT2D eigenvalue weighted by atomic mass is 16.6. The second kappa shape index (κ2) is 10.4. The molecule has 9 nitrogen and oxygen atoms in total. The zero-order chi connectivity index (χ0) is 20.4. The molecule has 2 amide bonds. The summed E-state index contributed by atoms with van der Waals surface area (Å²) >= 11 is 0. The lowest BCUT2D eigenvalue weighted by Gasteiger charge is -2.23. The maximum atomic E-state index is 11.9. The lowest BCUT2D eigenvalue weighted by atomic mass is 10.1.